The topological polar surface area (TPSA) is 75.4 Å². The Balaban J connectivity index is 3.02. The van der Waals surface area contributed by atoms with Gasteiger partial charge in [0, 0.05) is 12.6 Å². The highest BCUT2D eigenvalue weighted by molar-refractivity contribution is 6.18. The fourth-order valence-corrected chi connectivity index (χ4v) is 1.37. The Bertz CT molecular complexity index is 428. The molecule has 0 bridgehead atoms. The van der Waals surface area contributed by atoms with E-state index in [4.69, 9.17) is 11.6 Å². The van der Waals surface area contributed by atoms with E-state index in [1.807, 2.05) is 0 Å². The van der Waals surface area contributed by atoms with Gasteiger partial charge in [0.15, 0.2) is 5.82 Å². The van der Waals surface area contributed by atoms with Crippen molar-refractivity contribution in [2.75, 3.05) is 17.7 Å². The number of nitrogens with one attached hydrogen (secondary N) is 1. The number of nitro groups is 1. The van der Waals surface area contributed by atoms with Gasteiger partial charge in [-0.15, -0.1) is 11.6 Å². The molecule has 0 aliphatic heterocycles. The first-order valence-corrected chi connectivity index (χ1v) is 5.42. The minimum atomic E-state index is -0.892. The maximum atomic E-state index is 13.7. The smallest absolute Gasteiger partial charge is 0.295 e. The van der Waals surface area contributed by atoms with Gasteiger partial charge in [-0.05, 0) is 18.6 Å². The van der Waals surface area contributed by atoms with Crippen molar-refractivity contribution in [1.29, 1.82) is 0 Å². The molecular weight excluding hydrogens is 251 g/mol. The summed E-state index contributed by atoms with van der Waals surface area (Å²) in [5.74, 6) is -0.727. The van der Waals surface area contributed by atoms with Gasteiger partial charge in [0.05, 0.1) is 16.9 Å². The lowest BCUT2D eigenvalue weighted by molar-refractivity contribution is -0.384. The number of halogens is 2. The number of nitro benzene ring substituents is 1. The van der Waals surface area contributed by atoms with Crippen LogP contribution in [0.2, 0.25) is 0 Å². The number of alkyl halides is 1. The number of anilines is 1. The van der Waals surface area contributed by atoms with E-state index in [0.29, 0.717) is 5.56 Å². The Kier molecular flexibility index (Phi) is 4.65. The van der Waals surface area contributed by atoms with E-state index < -0.39 is 16.8 Å². The quantitative estimate of drug-likeness (QED) is 0.484. The lowest BCUT2D eigenvalue weighted by Gasteiger charge is -2.12. The van der Waals surface area contributed by atoms with E-state index in [2.05, 4.69) is 5.32 Å². The van der Waals surface area contributed by atoms with Crippen LogP contribution in [-0.4, -0.2) is 28.6 Å². The van der Waals surface area contributed by atoms with Gasteiger partial charge in [-0.1, -0.05) is 0 Å². The minimum Gasteiger partial charge on any atom is -0.390 e. The number of hydrogen-bond acceptors (Lipinski definition) is 4. The molecule has 1 rings (SSSR count). The summed E-state index contributed by atoms with van der Waals surface area (Å²) in [6, 6.07) is 2.55. The maximum Gasteiger partial charge on any atom is 0.295 e. The zero-order valence-electron chi connectivity index (χ0n) is 9.11. The van der Waals surface area contributed by atoms with Crippen molar-refractivity contribution in [1.82, 2.24) is 0 Å². The van der Waals surface area contributed by atoms with Crippen molar-refractivity contribution in [2.45, 2.75) is 13.0 Å². The standard InChI is InChI=1S/C10H12ClFN2O3/c1-6-2-3-8(14(16)17)10(9(6)12)13-5-7(15)4-11/h2-3,7,13,15H,4-5H2,1H3. The summed E-state index contributed by atoms with van der Waals surface area (Å²) in [7, 11) is 0. The molecule has 0 saturated carbocycles. The molecule has 0 radical (unpaired) electrons. The molecular formula is C10H12ClFN2O3. The third-order valence-corrected chi connectivity index (χ3v) is 2.56. The van der Waals surface area contributed by atoms with E-state index in [9.17, 15) is 19.6 Å². The Morgan fingerprint density at radius 3 is 2.82 bits per heavy atom. The van der Waals surface area contributed by atoms with Gasteiger partial charge in [0.2, 0.25) is 0 Å². The number of nitrogens with zero attached hydrogens (tertiary/aromatic N) is 1. The number of benzene rings is 1. The monoisotopic (exact) mass is 262 g/mol. The number of rotatable bonds is 5. The van der Waals surface area contributed by atoms with Crippen LogP contribution in [0.4, 0.5) is 15.8 Å². The van der Waals surface area contributed by atoms with E-state index in [-0.39, 0.29) is 23.8 Å². The highest BCUT2D eigenvalue weighted by Gasteiger charge is 2.20. The molecule has 7 heteroatoms. The molecule has 0 aliphatic carbocycles. The normalized spacial score (nSPS) is 12.2. The average molecular weight is 263 g/mol. The largest absolute Gasteiger partial charge is 0.390 e. The molecule has 0 spiro atoms. The van der Waals surface area contributed by atoms with Gasteiger partial charge in [-0.2, -0.15) is 0 Å². The first-order valence-electron chi connectivity index (χ1n) is 4.88. The molecule has 5 nitrogen and oxygen atoms in total. The Morgan fingerprint density at radius 2 is 2.29 bits per heavy atom. The van der Waals surface area contributed by atoms with E-state index >= 15 is 0 Å². The molecule has 0 saturated heterocycles. The average Bonchev–Trinajstić information content (AvgIpc) is 2.30. The zero-order valence-corrected chi connectivity index (χ0v) is 9.87. The summed E-state index contributed by atoms with van der Waals surface area (Å²) in [4.78, 5) is 10.0. The zero-order chi connectivity index (χ0) is 13.0. The highest BCUT2D eigenvalue weighted by atomic mass is 35.5. The van der Waals surface area contributed by atoms with Crippen LogP contribution < -0.4 is 5.32 Å². The molecule has 1 unspecified atom stereocenters. The van der Waals surface area contributed by atoms with Gasteiger partial charge in [0.1, 0.15) is 5.69 Å². The van der Waals surface area contributed by atoms with Crippen LogP contribution in [0, 0.1) is 22.9 Å². The van der Waals surface area contributed by atoms with Gasteiger partial charge < -0.3 is 10.4 Å². The lowest BCUT2D eigenvalue weighted by Crippen LogP contribution is -2.21. The summed E-state index contributed by atoms with van der Waals surface area (Å²) >= 11 is 5.37. The molecule has 0 fully saturated rings. The molecule has 1 aromatic carbocycles. The SMILES string of the molecule is Cc1ccc([N+](=O)[O-])c(NCC(O)CCl)c1F. The molecule has 2 N–H and O–H groups in total. The van der Waals surface area contributed by atoms with Crippen LogP contribution >= 0.6 is 11.6 Å². The summed E-state index contributed by atoms with van der Waals surface area (Å²) < 4.78 is 13.7. The molecule has 17 heavy (non-hydrogen) atoms. The molecule has 1 aromatic rings. The third-order valence-electron chi connectivity index (χ3n) is 2.20. The van der Waals surface area contributed by atoms with E-state index in [0.717, 1.165) is 0 Å². The number of aliphatic hydroxyl groups is 1. The second-order valence-corrected chi connectivity index (χ2v) is 3.85. The van der Waals surface area contributed by atoms with Crippen molar-refractivity contribution in [3.8, 4) is 0 Å². The summed E-state index contributed by atoms with van der Waals surface area (Å²) in [5, 5.41) is 22.4. The van der Waals surface area contributed by atoms with E-state index in [1.54, 1.807) is 0 Å². The van der Waals surface area contributed by atoms with Gasteiger partial charge >= 0.3 is 0 Å². The summed E-state index contributed by atoms with van der Waals surface area (Å²) in [6.07, 6.45) is -0.892. The highest BCUT2D eigenvalue weighted by Crippen LogP contribution is 2.29. The first-order chi connectivity index (χ1) is 7.97. The minimum absolute atomic E-state index is 0.0335. The third kappa shape index (κ3) is 3.28. The van der Waals surface area contributed by atoms with Gasteiger partial charge in [-0.3, -0.25) is 10.1 Å². The van der Waals surface area contributed by atoms with Crippen LogP contribution in [0.5, 0.6) is 0 Å². The summed E-state index contributed by atoms with van der Waals surface area (Å²) in [5.41, 5.74) is -0.299. The molecule has 1 atom stereocenters. The summed E-state index contributed by atoms with van der Waals surface area (Å²) in [6.45, 7) is 1.45. The maximum absolute atomic E-state index is 13.7. The molecule has 0 amide bonds. The first kappa shape index (κ1) is 13.7. The number of hydrogen-bond donors (Lipinski definition) is 2. The van der Waals surface area contributed by atoms with Crippen molar-refractivity contribution >= 4 is 23.0 Å². The van der Waals surface area contributed by atoms with Crippen LogP contribution in [0.15, 0.2) is 12.1 Å². The van der Waals surface area contributed by atoms with Crippen molar-refractivity contribution in [3.63, 3.8) is 0 Å². The molecule has 94 valence electrons. The predicted molar refractivity (Wildman–Crippen MR) is 63.0 cm³/mol. The predicted octanol–water partition coefficient (Wildman–Crippen LogP) is 2.05. The molecule has 0 aromatic heterocycles. The Hall–Kier alpha value is -1.40. The van der Waals surface area contributed by atoms with Crippen molar-refractivity contribution in [2.24, 2.45) is 0 Å². The van der Waals surface area contributed by atoms with Crippen molar-refractivity contribution < 1.29 is 14.4 Å². The van der Waals surface area contributed by atoms with E-state index in [1.165, 1.54) is 19.1 Å². The Labute approximate surface area is 102 Å². The fourth-order valence-electron chi connectivity index (χ4n) is 1.26. The molecule has 0 heterocycles. The molecule has 0 aliphatic rings. The second kappa shape index (κ2) is 5.79. The van der Waals surface area contributed by atoms with Crippen molar-refractivity contribution in [3.05, 3.63) is 33.6 Å². The van der Waals surface area contributed by atoms with Crippen LogP contribution in [0.25, 0.3) is 0 Å². The number of aliphatic hydroxyl groups excluding tert-OH is 1. The number of aryl methyl sites for hydroxylation is 1. The van der Waals surface area contributed by atoms with Crippen LogP contribution in [-0.2, 0) is 0 Å². The van der Waals surface area contributed by atoms with Crippen LogP contribution in [0.1, 0.15) is 5.56 Å². The van der Waals surface area contributed by atoms with Crippen LogP contribution in [0.3, 0.4) is 0 Å². The van der Waals surface area contributed by atoms with Gasteiger partial charge in [0.25, 0.3) is 5.69 Å². The second-order valence-electron chi connectivity index (χ2n) is 3.54. The Morgan fingerprint density at radius 1 is 1.65 bits per heavy atom. The fraction of sp³-hybridized carbons (Fsp3) is 0.400. The lowest BCUT2D eigenvalue weighted by atomic mass is 10.1. The van der Waals surface area contributed by atoms with Gasteiger partial charge in [-0.25, -0.2) is 4.39 Å².